The molecule has 0 aromatic heterocycles. The lowest BCUT2D eigenvalue weighted by Crippen LogP contribution is -2.12. The zero-order valence-electron chi connectivity index (χ0n) is 13.7. The molecule has 0 amide bonds. The van der Waals surface area contributed by atoms with Gasteiger partial charge in [-0.05, 0) is 25.0 Å². The Morgan fingerprint density at radius 3 is 2.00 bits per heavy atom. The van der Waals surface area contributed by atoms with Crippen LogP contribution in [0.25, 0.3) is 0 Å². The molecule has 0 aliphatic carbocycles. The number of unbranched alkanes of at least 4 members (excludes halogenated alkanes) is 8. The highest BCUT2D eigenvalue weighted by Gasteiger charge is 2.11. The molecule has 126 valence electrons. The fourth-order valence-electron chi connectivity index (χ4n) is 2.35. The number of hydrogen-bond donors (Lipinski definition) is 0. The van der Waals surface area contributed by atoms with Crippen LogP contribution in [0.2, 0.25) is 0 Å². The monoisotopic (exact) mass is 318 g/mol. The highest BCUT2D eigenvalue weighted by Crippen LogP contribution is 2.11. The Kier molecular flexibility index (Phi) is 10.4. The van der Waals surface area contributed by atoms with E-state index < -0.39 is 11.9 Å². The molecule has 1 rings (SSSR count). The Bertz CT molecular complexity index is 468. The summed E-state index contributed by atoms with van der Waals surface area (Å²) in [6, 6.07) is 8.54. The Morgan fingerprint density at radius 2 is 1.39 bits per heavy atom. The Morgan fingerprint density at radius 1 is 0.826 bits per heavy atom. The molecule has 4 nitrogen and oxygen atoms in total. The standard InChI is InChI=1S/C19H26O4/c20-16-12-7-5-3-1-2-4-6-11-15-18(21)23-19(22)17-13-9-8-10-14-17/h8-10,13-14,16H,1-7,11-12,15H2. The first-order valence-electron chi connectivity index (χ1n) is 8.47. The summed E-state index contributed by atoms with van der Waals surface area (Å²) < 4.78 is 4.81. The maximum Gasteiger partial charge on any atom is 0.345 e. The van der Waals surface area contributed by atoms with Crippen molar-refractivity contribution < 1.29 is 19.1 Å². The summed E-state index contributed by atoms with van der Waals surface area (Å²) in [5.41, 5.74) is 0.399. The van der Waals surface area contributed by atoms with Crippen LogP contribution in [0.1, 0.15) is 74.6 Å². The van der Waals surface area contributed by atoms with Crippen LogP contribution in [0, 0.1) is 0 Å². The van der Waals surface area contributed by atoms with Crippen LogP contribution in [0.5, 0.6) is 0 Å². The number of carbonyl (C=O) groups is 3. The van der Waals surface area contributed by atoms with E-state index in [2.05, 4.69) is 0 Å². The molecular formula is C19H26O4. The molecule has 4 heteroatoms. The molecule has 0 radical (unpaired) electrons. The van der Waals surface area contributed by atoms with Gasteiger partial charge in [0, 0.05) is 12.8 Å². The summed E-state index contributed by atoms with van der Waals surface area (Å²) in [6.07, 6.45) is 10.4. The van der Waals surface area contributed by atoms with E-state index in [9.17, 15) is 14.4 Å². The van der Waals surface area contributed by atoms with Crippen molar-refractivity contribution in [1.29, 1.82) is 0 Å². The average molecular weight is 318 g/mol. The number of carbonyl (C=O) groups excluding carboxylic acids is 3. The Labute approximate surface area is 138 Å². The van der Waals surface area contributed by atoms with E-state index in [1.165, 1.54) is 12.8 Å². The molecular weight excluding hydrogens is 292 g/mol. The summed E-state index contributed by atoms with van der Waals surface area (Å²) in [6.45, 7) is 0. The summed E-state index contributed by atoms with van der Waals surface area (Å²) in [5.74, 6) is -1.03. The summed E-state index contributed by atoms with van der Waals surface area (Å²) in [5, 5.41) is 0. The lowest BCUT2D eigenvalue weighted by Gasteiger charge is -2.03. The van der Waals surface area contributed by atoms with Crippen molar-refractivity contribution in [3.8, 4) is 0 Å². The second kappa shape index (κ2) is 12.6. The van der Waals surface area contributed by atoms with Crippen molar-refractivity contribution in [2.45, 2.75) is 64.2 Å². The molecule has 0 saturated carbocycles. The predicted molar refractivity (Wildman–Crippen MR) is 89.1 cm³/mol. The highest BCUT2D eigenvalue weighted by atomic mass is 16.6. The minimum absolute atomic E-state index is 0.290. The van der Waals surface area contributed by atoms with Crippen LogP contribution in [0.3, 0.4) is 0 Å². The average Bonchev–Trinajstić information content (AvgIpc) is 2.57. The first kappa shape index (κ1) is 19.1. The van der Waals surface area contributed by atoms with Crippen LogP contribution in [0.15, 0.2) is 30.3 Å². The molecule has 0 bridgehead atoms. The number of ether oxygens (including phenoxy) is 1. The van der Waals surface area contributed by atoms with E-state index in [4.69, 9.17) is 4.74 Å². The molecule has 0 atom stereocenters. The van der Waals surface area contributed by atoms with Gasteiger partial charge in [0.15, 0.2) is 0 Å². The fraction of sp³-hybridized carbons (Fsp3) is 0.526. The van der Waals surface area contributed by atoms with Gasteiger partial charge in [0.1, 0.15) is 6.29 Å². The van der Waals surface area contributed by atoms with Crippen LogP contribution < -0.4 is 0 Å². The quantitative estimate of drug-likeness (QED) is 0.247. The lowest BCUT2D eigenvalue weighted by molar-refractivity contribution is -0.138. The molecule has 0 fully saturated rings. The van der Waals surface area contributed by atoms with Crippen molar-refractivity contribution in [3.63, 3.8) is 0 Å². The van der Waals surface area contributed by atoms with Crippen molar-refractivity contribution in [3.05, 3.63) is 35.9 Å². The Hall–Kier alpha value is -1.97. The van der Waals surface area contributed by atoms with Crippen LogP contribution in [-0.2, 0) is 14.3 Å². The molecule has 0 heterocycles. The van der Waals surface area contributed by atoms with Crippen molar-refractivity contribution in [2.24, 2.45) is 0 Å². The van der Waals surface area contributed by atoms with Crippen molar-refractivity contribution >= 4 is 18.2 Å². The number of aldehydes is 1. The summed E-state index contributed by atoms with van der Waals surface area (Å²) >= 11 is 0. The first-order chi connectivity index (χ1) is 11.2. The molecule has 0 unspecified atom stereocenters. The van der Waals surface area contributed by atoms with Gasteiger partial charge in [-0.15, -0.1) is 0 Å². The van der Waals surface area contributed by atoms with E-state index in [0.717, 1.165) is 44.8 Å². The van der Waals surface area contributed by atoms with E-state index >= 15 is 0 Å². The molecule has 0 N–H and O–H groups in total. The summed E-state index contributed by atoms with van der Waals surface area (Å²) in [7, 11) is 0. The second-order valence-electron chi connectivity index (χ2n) is 5.66. The molecule has 1 aromatic rings. The topological polar surface area (TPSA) is 60.4 Å². The maximum atomic E-state index is 11.7. The number of esters is 2. The molecule has 0 spiro atoms. The third-order valence-electron chi connectivity index (χ3n) is 3.67. The van der Waals surface area contributed by atoms with Gasteiger partial charge in [-0.2, -0.15) is 0 Å². The maximum absolute atomic E-state index is 11.7. The van der Waals surface area contributed by atoms with Gasteiger partial charge in [-0.3, -0.25) is 4.79 Å². The van der Waals surface area contributed by atoms with Gasteiger partial charge in [0.25, 0.3) is 0 Å². The lowest BCUT2D eigenvalue weighted by atomic mass is 10.1. The van der Waals surface area contributed by atoms with E-state index in [1.807, 2.05) is 0 Å². The van der Waals surface area contributed by atoms with Crippen molar-refractivity contribution in [2.75, 3.05) is 0 Å². The highest BCUT2D eigenvalue weighted by molar-refractivity contribution is 5.96. The third kappa shape index (κ3) is 9.61. The predicted octanol–water partition coefficient (Wildman–Crippen LogP) is 4.47. The molecule has 0 aliphatic heterocycles. The molecule has 23 heavy (non-hydrogen) atoms. The minimum atomic E-state index is -0.578. The smallest absolute Gasteiger partial charge is 0.345 e. The van der Waals surface area contributed by atoms with Gasteiger partial charge in [-0.1, -0.05) is 56.7 Å². The number of hydrogen-bond acceptors (Lipinski definition) is 4. The molecule has 0 saturated heterocycles. The van der Waals surface area contributed by atoms with Gasteiger partial charge < -0.3 is 9.53 Å². The van der Waals surface area contributed by atoms with Crippen LogP contribution in [0.4, 0.5) is 0 Å². The SMILES string of the molecule is O=CCCCCCCCCCCC(=O)OC(=O)c1ccccc1. The number of benzene rings is 1. The summed E-state index contributed by atoms with van der Waals surface area (Å²) in [4.78, 5) is 33.4. The fourth-order valence-corrected chi connectivity index (χ4v) is 2.35. The number of rotatable bonds is 12. The second-order valence-corrected chi connectivity index (χ2v) is 5.66. The van der Waals surface area contributed by atoms with Gasteiger partial charge in [-0.25, -0.2) is 4.79 Å². The van der Waals surface area contributed by atoms with E-state index in [1.54, 1.807) is 30.3 Å². The van der Waals surface area contributed by atoms with Gasteiger partial charge in [0.05, 0.1) is 5.56 Å². The van der Waals surface area contributed by atoms with Gasteiger partial charge >= 0.3 is 11.9 Å². The largest absolute Gasteiger partial charge is 0.389 e. The van der Waals surface area contributed by atoms with E-state index in [0.29, 0.717) is 12.0 Å². The minimum Gasteiger partial charge on any atom is -0.389 e. The normalized spacial score (nSPS) is 10.3. The van der Waals surface area contributed by atoms with Crippen LogP contribution in [-0.4, -0.2) is 18.2 Å². The third-order valence-corrected chi connectivity index (χ3v) is 3.67. The Balaban J connectivity index is 1.98. The van der Waals surface area contributed by atoms with Crippen LogP contribution >= 0.6 is 0 Å². The zero-order valence-corrected chi connectivity index (χ0v) is 13.7. The van der Waals surface area contributed by atoms with Gasteiger partial charge in [0.2, 0.25) is 0 Å². The van der Waals surface area contributed by atoms with E-state index in [-0.39, 0.29) is 6.42 Å². The molecule has 1 aromatic carbocycles. The molecule has 0 aliphatic rings. The van der Waals surface area contributed by atoms with Crippen molar-refractivity contribution in [1.82, 2.24) is 0 Å². The first-order valence-corrected chi connectivity index (χ1v) is 8.47. The zero-order chi connectivity index (χ0) is 16.8.